The van der Waals surface area contributed by atoms with Gasteiger partial charge in [0.1, 0.15) is 0 Å². The van der Waals surface area contributed by atoms with E-state index in [2.05, 4.69) is 26.6 Å². The third-order valence-electron chi connectivity index (χ3n) is 3.66. The number of benzene rings is 2. The van der Waals surface area contributed by atoms with E-state index in [0.717, 1.165) is 5.56 Å². The Morgan fingerprint density at radius 1 is 0.931 bits per heavy atom. The van der Waals surface area contributed by atoms with Crippen LogP contribution in [0.1, 0.15) is 18.4 Å². The SMILES string of the molecule is Cc1cc(Br)c(Cl)cc1NC(=O)COC(=O)CCC(=O)Nc1cc(Cl)ccc1Cl. The zero-order valence-electron chi connectivity index (χ0n) is 15.2. The highest BCUT2D eigenvalue weighted by Gasteiger charge is 2.13. The third kappa shape index (κ3) is 7.51. The number of aryl methyl sites for hydroxylation is 1. The van der Waals surface area contributed by atoms with Crippen LogP contribution in [0.5, 0.6) is 0 Å². The zero-order valence-corrected chi connectivity index (χ0v) is 19.0. The van der Waals surface area contributed by atoms with E-state index in [-0.39, 0.29) is 12.8 Å². The molecule has 154 valence electrons. The predicted octanol–water partition coefficient (Wildman–Crippen LogP) is 5.62. The molecule has 0 aromatic heterocycles. The van der Waals surface area contributed by atoms with E-state index in [1.807, 2.05) is 0 Å². The summed E-state index contributed by atoms with van der Waals surface area (Å²) in [4.78, 5) is 35.7. The number of amides is 2. The molecule has 0 saturated carbocycles. The number of carbonyl (C=O) groups excluding carboxylic acids is 3. The van der Waals surface area contributed by atoms with Gasteiger partial charge in [-0.3, -0.25) is 14.4 Å². The summed E-state index contributed by atoms with van der Waals surface area (Å²) in [7, 11) is 0. The third-order valence-corrected chi connectivity index (χ3v) is 5.43. The molecule has 2 aromatic carbocycles. The molecule has 0 radical (unpaired) electrons. The average molecular weight is 523 g/mol. The number of halogens is 4. The molecular formula is C19H16BrCl3N2O4. The number of ether oxygens (including phenoxy) is 1. The van der Waals surface area contributed by atoms with Crippen molar-refractivity contribution >= 4 is 79.9 Å². The van der Waals surface area contributed by atoms with E-state index in [1.165, 1.54) is 6.07 Å². The van der Waals surface area contributed by atoms with Crippen molar-refractivity contribution in [3.05, 3.63) is 55.4 Å². The molecule has 0 fully saturated rings. The molecule has 2 rings (SSSR count). The molecule has 6 nitrogen and oxygen atoms in total. The molecule has 0 aliphatic carbocycles. The van der Waals surface area contributed by atoms with Crippen LogP contribution in [0, 0.1) is 6.92 Å². The first-order valence-electron chi connectivity index (χ1n) is 8.31. The summed E-state index contributed by atoms with van der Waals surface area (Å²) < 4.78 is 5.60. The highest BCUT2D eigenvalue weighted by molar-refractivity contribution is 9.10. The lowest BCUT2D eigenvalue weighted by Gasteiger charge is -2.10. The van der Waals surface area contributed by atoms with Crippen LogP contribution < -0.4 is 10.6 Å². The van der Waals surface area contributed by atoms with Gasteiger partial charge in [-0.2, -0.15) is 0 Å². The van der Waals surface area contributed by atoms with Crippen molar-refractivity contribution in [2.75, 3.05) is 17.2 Å². The molecule has 29 heavy (non-hydrogen) atoms. The van der Waals surface area contributed by atoms with Crippen LogP contribution >= 0.6 is 50.7 Å². The van der Waals surface area contributed by atoms with Crippen molar-refractivity contribution in [1.29, 1.82) is 0 Å². The van der Waals surface area contributed by atoms with Gasteiger partial charge < -0.3 is 15.4 Å². The zero-order chi connectivity index (χ0) is 21.6. The first-order valence-corrected chi connectivity index (χ1v) is 10.2. The second-order valence-electron chi connectivity index (χ2n) is 5.96. The maximum atomic E-state index is 12.0. The highest BCUT2D eigenvalue weighted by atomic mass is 79.9. The van der Waals surface area contributed by atoms with E-state index in [4.69, 9.17) is 39.5 Å². The van der Waals surface area contributed by atoms with Gasteiger partial charge in [-0.25, -0.2) is 0 Å². The lowest BCUT2D eigenvalue weighted by molar-refractivity contribution is -0.147. The molecule has 0 atom stereocenters. The van der Waals surface area contributed by atoms with Crippen molar-refractivity contribution in [3.8, 4) is 0 Å². The molecule has 0 unspecified atom stereocenters. The molecule has 0 saturated heterocycles. The van der Waals surface area contributed by atoms with Gasteiger partial charge in [0.05, 0.1) is 22.2 Å². The van der Waals surface area contributed by atoms with Gasteiger partial charge in [0.15, 0.2) is 6.61 Å². The number of carbonyl (C=O) groups is 3. The van der Waals surface area contributed by atoms with Gasteiger partial charge in [-0.05, 0) is 58.7 Å². The van der Waals surface area contributed by atoms with Crippen LogP contribution in [0.3, 0.4) is 0 Å². The van der Waals surface area contributed by atoms with Crippen LogP contribution in [0.25, 0.3) is 0 Å². The Morgan fingerprint density at radius 3 is 2.34 bits per heavy atom. The molecule has 2 amide bonds. The molecule has 2 N–H and O–H groups in total. The Labute approximate surface area is 191 Å². The topological polar surface area (TPSA) is 84.5 Å². The first-order chi connectivity index (χ1) is 13.7. The molecule has 0 bridgehead atoms. The summed E-state index contributed by atoms with van der Waals surface area (Å²) in [6.07, 6.45) is -0.328. The molecular weight excluding hydrogens is 506 g/mol. The summed E-state index contributed by atoms with van der Waals surface area (Å²) in [5, 5.41) is 6.35. The number of nitrogens with one attached hydrogen (secondary N) is 2. The monoisotopic (exact) mass is 520 g/mol. The second-order valence-corrected chi connectivity index (χ2v) is 8.07. The summed E-state index contributed by atoms with van der Waals surface area (Å²) >= 11 is 21.1. The molecule has 0 aliphatic heterocycles. The minimum Gasteiger partial charge on any atom is -0.456 e. The predicted molar refractivity (Wildman–Crippen MR) is 118 cm³/mol. The Hall–Kier alpha value is -1.80. The van der Waals surface area contributed by atoms with Gasteiger partial charge in [0.25, 0.3) is 5.91 Å². The van der Waals surface area contributed by atoms with E-state index in [1.54, 1.807) is 31.2 Å². The summed E-state index contributed by atoms with van der Waals surface area (Å²) in [6, 6.07) is 7.99. The molecule has 10 heteroatoms. The van der Waals surface area contributed by atoms with E-state index in [9.17, 15) is 14.4 Å². The van der Waals surface area contributed by atoms with Crippen LogP contribution in [0.4, 0.5) is 11.4 Å². The Morgan fingerprint density at radius 2 is 1.62 bits per heavy atom. The standard InChI is InChI=1S/C19H16BrCl3N2O4/c1-10-6-12(20)14(23)8-15(10)24-18(27)9-29-19(28)5-4-17(26)25-16-7-11(21)2-3-13(16)22/h2-3,6-8H,4-5,9H2,1H3,(H,24,27)(H,25,26). The summed E-state index contributed by atoms with van der Waals surface area (Å²) in [5.41, 5.74) is 1.65. The number of hydrogen-bond acceptors (Lipinski definition) is 4. The fraction of sp³-hybridized carbons (Fsp3) is 0.211. The maximum absolute atomic E-state index is 12.0. The van der Waals surface area contributed by atoms with Gasteiger partial charge in [-0.1, -0.05) is 34.8 Å². The summed E-state index contributed by atoms with van der Waals surface area (Å²) in [5.74, 6) is -1.64. The average Bonchev–Trinajstić information content (AvgIpc) is 2.65. The van der Waals surface area contributed by atoms with E-state index < -0.39 is 24.4 Å². The van der Waals surface area contributed by atoms with Gasteiger partial charge in [0, 0.05) is 21.6 Å². The fourth-order valence-corrected chi connectivity index (χ4v) is 3.17. The van der Waals surface area contributed by atoms with Gasteiger partial charge in [0.2, 0.25) is 5.91 Å². The van der Waals surface area contributed by atoms with Crippen molar-refractivity contribution in [2.24, 2.45) is 0 Å². The minimum atomic E-state index is -0.682. The van der Waals surface area contributed by atoms with Gasteiger partial charge in [-0.15, -0.1) is 0 Å². The lowest BCUT2D eigenvalue weighted by atomic mass is 10.2. The quantitative estimate of drug-likeness (QED) is 0.463. The van der Waals surface area contributed by atoms with Crippen LogP contribution in [0.2, 0.25) is 15.1 Å². The smallest absolute Gasteiger partial charge is 0.306 e. The number of esters is 1. The first kappa shape index (κ1) is 23.5. The van der Waals surface area contributed by atoms with E-state index in [0.29, 0.717) is 30.9 Å². The number of hydrogen-bond donors (Lipinski definition) is 2. The molecule has 2 aromatic rings. The fourth-order valence-electron chi connectivity index (χ4n) is 2.21. The Bertz CT molecular complexity index is 953. The Kier molecular flexibility index (Phi) is 8.77. The van der Waals surface area contributed by atoms with Crippen molar-refractivity contribution in [1.82, 2.24) is 0 Å². The lowest BCUT2D eigenvalue weighted by Crippen LogP contribution is -2.22. The van der Waals surface area contributed by atoms with E-state index >= 15 is 0 Å². The normalized spacial score (nSPS) is 10.4. The Balaban J connectivity index is 1.76. The number of anilines is 2. The summed E-state index contributed by atoms with van der Waals surface area (Å²) in [6.45, 7) is 1.32. The van der Waals surface area contributed by atoms with Crippen LogP contribution in [0.15, 0.2) is 34.8 Å². The second kappa shape index (κ2) is 10.8. The molecule has 0 aliphatic rings. The van der Waals surface area contributed by atoms with Crippen LogP contribution in [-0.4, -0.2) is 24.4 Å². The van der Waals surface area contributed by atoms with Gasteiger partial charge >= 0.3 is 5.97 Å². The molecule has 0 heterocycles. The highest BCUT2D eigenvalue weighted by Crippen LogP contribution is 2.29. The molecule has 0 spiro atoms. The van der Waals surface area contributed by atoms with Crippen molar-refractivity contribution in [2.45, 2.75) is 19.8 Å². The van der Waals surface area contributed by atoms with Crippen molar-refractivity contribution in [3.63, 3.8) is 0 Å². The maximum Gasteiger partial charge on any atom is 0.306 e. The minimum absolute atomic E-state index is 0.134. The largest absolute Gasteiger partial charge is 0.456 e. The van der Waals surface area contributed by atoms with Crippen LogP contribution in [-0.2, 0) is 19.1 Å². The van der Waals surface area contributed by atoms with Crippen molar-refractivity contribution < 1.29 is 19.1 Å². The number of rotatable bonds is 7.